The van der Waals surface area contributed by atoms with Gasteiger partial charge in [0.05, 0.1) is 12.1 Å². The van der Waals surface area contributed by atoms with Gasteiger partial charge in [0.2, 0.25) is 0 Å². The summed E-state index contributed by atoms with van der Waals surface area (Å²) in [6.07, 6.45) is 1.15. The third-order valence-electron chi connectivity index (χ3n) is 5.51. The zero-order chi connectivity index (χ0) is 21.1. The SMILES string of the molecule is O=C(CC1(O)C(=O)N(CCCc2ccccc2)c2ccccc21)c1ccc(F)cc1. The molecule has 0 radical (unpaired) electrons. The van der Waals surface area contributed by atoms with Crippen LogP contribution in [0.4, 0.5) is 10.1 Å². The third kappa shape index (κ3) is 3.76. The second-order valence-electron chi connectivity index (χ2n) is 7.53. The number of Topliss-reactive ketones (excluding diaryl/α,β-unsaturated/α-hetero) is 1. The number of halogens is 1. The van der Waals surface area contributed by atoms with Crippen molar-refractivity contribution in [3.8, 4) is 0 Å². The fraction of sp³-hybridized carbons (Fsp3) is 0.200. The molecule has 1 amide bonds. The van der Waals surface area contributed by atoms with Crippen molar-refractivity contribution in [2.24, 2.45) is 0 Å². The minimum absolute atomic E-state index is 0.262. The van der Waals surface area contributed by atoms with Gasteiger partial charge in [-0.15, -0.1) is 0 Å². The molecule has 4 nitrogen and oxygen atoms in total. The van der Waals surface area contributed by atoms with Crippen molar-refractivity contribution in [1.82, 2.24) is 0 Å². The Bertz CT molecular complexity index is 1070. The van der Waals surface area contributed by atoms with Crippen LogP contribution in [0, 0.1) is 5.82 Å². The maximum Gasteiger partial charge on any atom is 0.264 e. The van der Waals surface area contributed by atoms with Crippen LogP contribution in [0.2, 0.25) is 0 Å². The second kappa shape index (κ2) is 8.20. The number of aliphatic hydroxyl groups is 1. The number of carbonyl (C=O) groups is 2. The Morgan fingerprint density at radius 1 is 0.933 bits per heavy atom. The van der Waals surface area contributed by atoms with Gasteiger partial charge < -0.3 is 10.0 Å². The molecule has 4 rings (SSSR count). The van der Waals surface area contributed by atoms with Gasteiger partial charge in [-0.2, -0.15) is 0 Å². The van der Waals surface area contributed by atoms with Crippen molar-refractivity contribution in [1.29, 1.82) is 0 Å². The maximum atomic E-state index is 13.2. The Balaban J connectivity index is 1.54. The number of nitrogens with zero attached hydrogens (tertiary/aromatic N) is 1. The van der Waals surface area contributed by atoms with E-state index in [9.17, 15) is 19.1 Å². The predicted octanol–water partition coefficient (Wildman–Crippen LogP) is 4.27. The fourth-order valence-electron chi connectivity index (χ4n) is 3.96. The molecule has 5 heteroatoms. The highest BCUT2D eigenvalue weighted by Crippen LogP contribution is 2.42. The lowest BCUT2D eigenvalue weighted by molar-refractivity contribution is -0.135. The second-order valence-corrected chi connectivity index (χ2v) is 7.53. The first-order chi connectivity index (χ1) is 14.5. The molecule has 0 saturated carbocycles. The van der Waals surface area contributed by atoms with Crippen LogP contribution in [0.25, 0.3) is 0 Å². The number of hydrogen-bond acceptors (Lipinski definition) is 3. The molecule has 0 aliphatic carbocycles. The van der Waals surface area contributed by atoms with Crippen LogP contribution in [0.1, 0.15) is 34.3 Å². The Hall–Kier alpha value is -3.31. The monoisotopic (exact) mass is 403 g/mol. The minimum Gasteiger partial charge on any atom is -0.375 e. The van der Waals surface area contributed by atoms with Crippen LogP contribution in [-0.4, -0.2) is 23.3 Å². The number of para-hydroxylation sites is 1. The van der Waals surface area contributed by atoms with Crippen molar-refractivity contribution >= 4 is 17.4 Å². The minimum atomic E-state index is -1.92. The van der Waals surface area contributed by atoms with E-state index >= 15 is 0 Å². The molecule has 3 aromatic rings. The molecular weight excluding hydrogens is 381 g/mol. The molecule has 0 bridgehead atoms. The lowest BCUT2D eigenvalue weighted by Gasteiger charge is -2.23. The standard InChI is InChI=1S/C25H22FNO3/c26-20-14-12-19(13-15-20)23(28)17-25(30)21-10-4-5-11-22(21)27(24(25)29)16-6-9-18-7-2-1-3-8-18/h1-5,7-8,10-15,30H,6,9,16-17H2. The average Bonchev–Trinajstić information content (AvgIpc) is 2.97. The highest BCUT2D eigenvalue weighted by molar-refractivity contribution is 6.10. The summed E-state index contributed by atoms with van der Waals surface area (Å²) in [5.74, 6) is -1.35. The number of amides is 1. The quantitative estimate of drug-likeness (QED) is 0.600. The van der Waals surface area contributed by atoms with Gasteiger partial charge in [-0.25, -0.2) is 4.39 Å². The number of fused-ring (bicyclic) bond motifs is 1. The molecule has 152 valence electrons. The van der Waals surface area contributed by atoms with E-state index < -0.39 is 23.1 Å². The summed E-state index contributed by atoms with van der Waals surface area (Å²) in [7, 11) is 0. The number of benzene rings is 3. The van der Waals surface area contributed by atoms with Gasteiger partial charge in [0, 0.05) is 17.7 Å². The van der Waals surface area contributed by atoms with E-state index in [1.165, 1.54) is 29.8 Å². The molecule has 1 N–H and O–H groups in total. The van der Waals surface area contributed by atoms with Gasteiger partial charge in [0.15, 0.2) is 11.4 Å². The average molecular weight is 403 g/mol. The molecule has 1 heterocycles. The lowest BCUT2D eigenvalue weighted by atomic mass is 9.88. The Labute approximate surface area is 174 Å². The molecule has 0 spiro atoms. The van der Waals surface area contributed by atoms with Gasteiger partial charge in [0.25, 0.3) is 5.91 Å². The van der Waals surface area contributed by atoms with Crippen molar-refractivity contribution < 1.29 is 19.1 Å². The van der Waals surface area contributed by atoms with E-state index in [0.29, 0.717) is 17.8 Å². The molecule has 1 aliphatic rings. The first kappa shape index (κ1) is 20.0. The molecule has 3 aromatic carbocycles. The van der Waals surface area contributed by atoms with Crippen LogP contribution in [-0.2, 0) is 16.8 Å². The van der Waals surface area contributed by atoms with Crippen LogP contribution in [0.5, 0.6) is 0 Å². The normalized spacial score (nSPS) is 17.8. The number of carbonyl (C=O) groups excluding carboxylic acids is 2. The van der Waals surface area contributed by atoms with E-state index in [1.54, 1.807) is 23.1 Å². The smallest absolute Gasteiger partial charge is 0.264 e. The highest BCUT2D eigenvalue weighted by atomic mass is 19.1. The largest absolute Gasteiger partial charge is 0.375 e. The summed E-state index contributed by atoms with van der Waals surface area (Å²) >= 11 is 0. The molecular formula is C25H22FNO3. The van der Waals surface area contributed by atoms with Crippen LogP contribution in [0.15, 0.2) is 78.9 Å². The maximum absolute atomic E-state index is 13.2. The van der Waals surface area contributed by atoms with Crippen LogP contribution < -0.4 is 4.90 Å². The summed E-state index contributed by atoms with van der Waals surface area (Å²) in [6, 6.07) is 22.1. The van der Waals surface area contributed by atoms with E-state index in [2.05, 4.69) is 0 Å². The van der Waals surface area contributed by atoms with Crippen molar-refractivity contribution in [3.05, 3.63) is 101 Å². The van der Waals surface area contributed by atoms with Gasteiger partial charge in [-0.05, 0) is 48.7 Å². The Morgan fingerprint density at radius 3 is 2.33 bits per heavy atom. The first-order valence-electron chi connectivity index (χ1n) is 9.95. The van der Waals surface area contributed by atoms with Crippen LogP contribution >= 0.6 is 0 Å². The van der Waals surface area contributed by atoms with Gasteiger partial charge in [0.1, 0.15) is 5.82 Å². The number of aryl methyl sites for hydroxylation is 1. The van der Waals surface area contributed by atoms with Crippen molar-refractivity contribution in [2.75, 3.05) is 11.4 Å². The highest BCUT2D eigenvalue weighted by Gasteiger charge is 2.50. The summed E-state index contributed by atoms with van der Waals surface area (Å²) in [4.78, 5) is 27.5. The van der Waals surface area contributed by atoms with Crippen molar-refractivity contribution in [3.63, 3.8) is 0 Å². The number of anilines is 1. The van der Waals surface area contributed by atoms with Crippen LogP contribution in [0.3, 0.4) is 0 Å². The Kier molecular flexibility index (Phi) is 5.46. The first-order valence-corrected chi connectivity index (χ1v) is 9.95. The summed E-state index contributed by atoms with van der Waals surface area (Å²) in [5, 5.41) is 11.3. The van der Waals surface area contributed by atoms with E-state index in [-0.39, 0.29) is 12.0 Å². The molecule has 0 aromatic heterocycles. The molecule has 0 saturated heterocycles. The number of hydrogen-bond donors (Lipinski definition) is 1. The van der Waals surface area contributed by atoms with Gasteiger partial charge >= 0.3 is 0 Å². The molecule has 1 unspecified atom stereocenters. The third-order valence-corrected chi connectivity index (χ3v) is 5.51. The lowest BCUT2D eigenvalue weighted by Crippen LogP contribution is -2.42. The zero-order valence-electron chi connectivity index (χ0n) is 16.4. The summed E-state index contributed by atoms with van der Waals surface area (Å²) in [6.45, 7) is 0.442. The van der Waals surface area contributed by atoms with Gasteiger partial charge in [-0.3, -0.25) is 9.59 Å². The van der Waals surface area contributed by atoms with E-state index in [4.69, 9.17) is 0 Å². The molecule has 1 aliphatic heterocycles. The zero-order valence-corrected chi connectivity index (χ0v) is 16.4. The van der Waals surface area contributed by atoms with Crippen molar-refractivity contribution in [2.45, 2.75) is 24.9 Å². The number of rotatable bonds is 7. The topological polar surface area (TPSA) is 57.6 Å². The summed E-state index contributed by atoms with van der Waals surface area (Å²) in [5.41, 5.74) is 0.585. The predicted molar refractivity (Wildman–Crippen MR) is 113 cm³/mol. The fourth-order valence-corrected chi connectivity index (χ4v) is 3.96. The molecule has 1 atom stereocenters. The summed E-state index contributed by atoms with van der Waals surface area (Å²) < 4.78 is 13.2. The van der Waals surface area contributed by atoms with E-state index in [0.717, 1.165) is 12.8 Å². The van der Waals surface area contributed by atoms with E-state index in [1.807, 2.05) is 36.4 Å². The molecule has 30 heavy (non-hydrogen) atoms. The number of ketones is 1. The van der Waals surface area contributed by atoms with Gasteiger partial charge in [-0.1, -0.05) is 48.5 Å². The molecule has 0 fully saturated rings. The Morgan fingerprint density at radius 2 is 1.60 bits per heavy atom.